The third-order valence-corrected chi connectivity index (χ3v) is 5.08. The Labute approximate surface area is 115 Å². The van der Waals surface area contributed by atoms with Gasteiger partial charge >= 0.3 is 0 Å². The predicted molar refractivity (Wildman–Crippen MR) is 75.7 cm³/mol. The molecule has 0 saturated heterocycles. The molecule has 94 valence electrons. The number of hydrogen-bond donors (Lipinski definition) is 1. The summed E-state index contributed by atoms with van der Waals surface area (Å²) in [6.07, 6.45) is 4.39. The van der Waals surface area contributed by atoms with Crippen molar-refractivity contribution < 1.29 is 4.79 Å². The molecule has 0 spiro atoms. The molecule has 1 saturated carbocycles. The Bertz CT molecular complexity index is 352. The molecule has 1 amide bonds. The fraction of sp³-hybridized carbons (Fsp3) is 0.615. The molecule has 1 aliphatic carbocycles. The number of thiophene rings is 1. The first-order valence-corrected chi connectivity index (χ1v) is 8.19. The van der Waals surface area contributed by atoms with Crippen LogP contribution in [0.2, 0.25) is 0 Å². The molecule has 1 aliphatic rings. The first kappa shape index (κ1) is 13.1. The Morgan fingerprint density at radius 3 is 3.00 bits per heavy atom. The lowest BCUT2D eigenvalue weighted by atomic mass is 9.98. The number of hydrogen-bond acceptors (Lipinski definition) is 2. The van der Waals surface area contributed by atoms with E-state index in [9.17, 15) is 4.79 Å². The Morgan fingerprint density at radius 1 is 1.47 bits per heavy atom. The Balaban J connectivity index is 1.72. The fourth-order valence-corrected chi connectivity index (χ4v) is 3.99. The van der Waals surface area contributed by atoms with Gasteiger partial charge in [0.05, 0.1) is 6.42 Å². The van der Waals surface area contributed by atoms with Crippen LogP contribution in [-0.2, 0) is 11.2 Å². The zero-order chi connectivity index (χ0) is 12.1. The average Bonchev–Trinajstić information content (AvgIpc) is 2.96. The van der Waals surface area contributed by atoms with Crippen LogP contribution in [0.4, 0.5) is 0 Å². The van der Waals surface area contributed by atoms with E-state index < -0.39 is 0 Å². The van der Waals surface area contributed by atoms with Gasteiger partial charge in [-0.05, 0) is 47.1 Å². The van der Waals surface area contributed by atoms with Crippen LogP contribution in [0.3, 0.4) is 0 Å². The van der Waals surface area contributed by atoms with Gasteiger partial charge in [-0.15, -0.1) is 0 Å². The summed E-state index contributed by atoms with van der Waals surface area (Å²) in [5, 5.41) is 8.19. The van der Waals surface area contributed by atoms with Crippen LogP contribution < -0.4 is 5.32 Å². The van der Waals surface area contributed by atoms with Gasteiger partial charge in [0.25, 0.3) is 0 Å². The molecule has 1 aromatic heterocycles. The van der Waals surface area contributed by atoms with Gasteiger partial charge < -0.3 is 5.32 Å². The lowest BCUT2D eigenvalue weighted by Crippen LogP contribution is -2.32. The molecule has 2 nitrogen and oxygen atoms in total. The highest BCUT2D eigenvalue weighted by Gasteiger charge is 2.26. The van der Waals surface area contributed by atoms with E-state index in [4.69, 9.17) is 0 Å². The van der Waals surface area contributed by atoms with E-state index in [0.717, 1.165) is 23.4 Å². The minimum absolute atomic E-state index is 0.156. The van der Waals surface area contributed by atoms with Gasteiger partial charge in [-0.25, -0.2) is 0 Å². The van der Waals surface area contributed by atoms with Crippen molar-refractivity contribution in [1.82, 2.24) is 5.32 Å². The molecule has 2 rings (SSSR count). The quantitative estimate of drug-likeness (QED) is 0.830. The summed E-state index contributed by atoms with van der Waals surface area (Å²) in [5.41, 5.74) is 1.12. The molecular weight excluding hydrogens is 298 g/mol. The van der Waals surface area contributed by atoms with Gasteiger partial charge in [-0.1, -0.05) is 22.4 Å². The third-order valence-electron chi connectivity index (χ3n) is 3.52. The van der Waals surface area contributed by atoms with Crippen molar-refractivity contribution in [2.75, 3.05) is 11.9 Å². The molecule has 0 aliphatic heterocycles. The normalized spacial score (nSPS) is 23.8. The van der Waals surface area contributed by atoms with Crippen LogP contribution in [0.5, 0.6) is 0 Å². The van der Waals surface area contributed by atoms with Crippen molar-refractivity contribution >= 4 is 33.2 Å². The van der Waals surface area contributed by atoms with Crippen molar-refractivity contribution in [2.45, 2.75) is 25.7 Å². The molecule has 2 atom stereocenters. The van der Waals surface area contributed by atoms with Crippen molar-refractivity contribution in [2.24, 2.45) is 11.8 Å². The van der Waals surface area contributed by atoms with Crippen LogP contribution >= 0.6 is 27.3 Å². The van der Waals surface area contributed by atoms with Gasteiger partial charge in [0.15, 0.2) is 0 Å². The second-order valence-electron chi connectivity index (χ2n) is 4.72. The minimum Gasteiger partial charge on any atom is -0.356 e. The van der Waals surface area contributed by atoms with Gasteiger partial charge in [-0.3, -0.25) is 4.79 Å². The summed E-state index contributed by atoms with van der Waals surface area (Å²) in [4.78, 5) is 11.7. The fourth-order valence-electron chi connectivity index (χ4n) is 2.47. The van der Waals surface area contributed by atoms with Gasteiger partial charge in [0.1, 0.15) is 0 Å². The van der Waals surface area contributed by atoms with Crippen LogP contribution in [0.15, 0.2) is 16.8 Å². The summed E-state index contributed by atoms with van der Waals surface area (Å²) >= 11 is 5.20. The smallest absolute Gasteiger partial charge is 0.224 e. The number of rotatable bonds is 5. The van der Waals surface area contributed by atoms with Crippen molar-refractivity contribution in [1.29, 1.82) is 0 Å². The zero-order valence-corrected chi connectivity index (χ0v) is 12.2. The zero-order valence-electron chi connectivity index (χ0n) is 9.82. The average molecular weight is 316 g/mol. The molecule has 0 bridgehead atoms. The molecule has 17 heavy (non-hydrogen) atoms. The maximum Gasteiger partial charge on any atom is 0.224 e. The lowest BCUT2D eigenvalue weighted by molar-refractivity contribution is -0.120. The lowest BCUT2D eigenvalue weighted by Gasteiger charge is -2.17. The Hall–Kier alpha value is -0.350. The minimum atomic E-state index is 0.156. The van der Waals surface area contributed by atoms with Crippen molar-refractivity contribution in [3.63, 3.8) is 0 Å². The number of nitrogens with one attached hydrogen (secondary N) is 1. The largest absolute Gasteiger partial charge is 0.356 e. The highest BCUT2D eigenvalue weighted by molar-refractivity contribution is 9.09. The Kier molecular flexibility index (Phi) is 5.04. The number of halogens is 1. The standard InChI is InChI=1S/C13H18BrNOS/c14-7-11-2-1-3-12(11)8-15-13(16)6-10-4-5-17-9-10/h4-5,9,11-12H,1-3,6-8H2,(H,15,16). The van der Waals surface area contributed by atoms with Crippen LogP contribution in [-0.4, -0.2) is 17.8 Å². The van der Waals surface area contributed by atoms with E-state index in [-0.39, 0.29) is 5.91 Å². The highest BCUT2D eigenvalue weighted by atomic mass is 79.9. The Morgan fingerprint density at radius 2 is 2.29 bits per heavy atom. The molecule has 2 unspecified atom stereocenters. The molecular formula is C13H18BrNOS. The molecule has 1 heterocycles. The van der Waals surface area contributed by atoms with Gasteiger partial charge in [0, 0.05) is 11.9 Å². The topological polar surface area (TPSA) is 29.1 Å². The summed E-state index contributed by atoms with van der Waals surface area (Å²) in [6, 6.07) is 2.01. The van der Waals surface area contributed by atoms with E-state index in [2.05, 4.69) is 21.2 Å². The molecule has 0 aromatic carbocycles. The highest BCUT2D eigenvalue weighted by Crippen LogP contribution is 2.32. The molecule has 4 heteroatoms. The SMILES string of the molecule is O=C(Cc1ccsc1)NCC1CCCC1CBr. The van der Waals surface area contributed by atoms with E-state index in [1.54, 1.807) is 11.3 Å². The summed E-state index contributed by atoms with van der Waals surface area (Å²) in [6.45, 7) is 0.846. The van der Waals surface area contributed by atoms with Gasteiger partial charge in [-0.2, -0.15) is 11.3 Å². The molecule has 1 fully saturated rings. The second-order valence-corrected chi connectivity index (χ2v) is 6.15. The summed E-state index contributed by atoms with van der Waals surface area (Å²) in [7, 11) is 0. The van der Waals surface area contributed by atoms with E-state index in [0.29, 0.717) is 12.3 Å². The van der Waals surface area contributed by atoms with Crippen molar-refractivity contribution in [3.05, 3.63) is 22.4 Å². The predicted octanol–water partition coefficient (Wildman–Crippen LogP) is 3.22. The van der Waals surface area contributed by atoms with E-state index in [1.165, 1.54) is 19.3 Å². The maximum absolute atomic E-state index is 11.7. The number of alkyl halides is 1. The second kappa shape index (κ2) is 6.55. The summed E-state index contributed by atoms with van der Waals surface area (Å²) in [5.74, 6) is 1.57. The number of carbonyl (C=O) groups excluding carboxylic acids is 1. The van der Waals surface area contributed by atoms with E-state index >= 15 is 0 Å². The van der Waals surface area contributed by atoms with Gasteiger partial charge in [0.2, 0.25) is 5.91 Å². The number of carbonyl (C=O) groups is 1. The first-order valence-electron chi connectivity index (χ1n) is 6.13. The maximum atomic E-state index is 11.7. The molecule has 0 radical (unpaired) electrons. The van der Waals surface area contributed by atoms with Crippen LogP contribution in [0, 0.1) is 11.8 Å². The van der Waals surface area contributed by atoms with E-state index in [1.807, 2.05) is 16.8 Å². The number of amides is 1. The van der Waals surface area contributed by atoms with Crippen molar-refractivity contribution in [3.8, 4) is 0 Å². The molecule has 1 N–H and O–H groups in total. The summed E-state index contributed by atoms with van der Waals surface area (Å²) < 4.78 is 0. The third kappa shape index (κ3) is 3.81. The van der Waals surface area contributed by atoms with Crippen LogP contribution in [0.25, 0.3) is 0 Å². The monoisotopic (exact) mass is 315 g/mol. The van der Waals surface area contributed by atoms with Crippen LogP contribution in [0.1, 0.15) is 24.8 Å². The first-order chi connectivity index (χ1) is 8.29. The molecule has 1 aromatic rings.